The first-order valence-electron chi connectivity index (χ1n) is 6.25. The SMILES string of the molecule is O=[N+]([O-])c1cccc(N[C@H]2O[C@H]([C@@H](O)CO)[C@@H](O)[C@H]2O)c1. The van der Waals surface area contributed by atoms with E-state index in [9.17, 15) is 25.4 Å². The van der Waals surface area contributed by atoms with E-state index in [1.165, 1.54) is 24.3 Å². The van der Waals surface area contributed by atoms with Gasteiger partial charge < -0.3 is 30.5 Å². The molecule has 5 N–H and O–H groups in total. The molecule has 1 heterocycles. The number of anilines is 1. The highest BCUT2D eigenvalue weighted by molar-refractivity contribution is 5.51. The van der Waals surface area contributed by atoms with Crippen molar-refractivity contribution in [2.45, 2.75) is 30.6 Å². The molecule has 0 saturated carbocycles. The second-order valence-corrected chi connectivity index (χ2v) is 4.70. The summed E-state index contributed by atoms with van der Waals surface area (Å²) in [6.45, 7) is -0.627. The van der Waals surface area contributed by atoms with Crippen LogP contribution in [-0.2, 0) is 4.74 Å². The molecule has 1 aliphatic rings. The van der Waals surface area contributed by atoms with Crippen molar-refractivity contribution in [3.63, 3.8) is 0 Å². The van der Waals surface area contributed by atoms with Crippen molar-refractivity contribution in [1.29, 1.82) is 0 Å². The molecular weight excluding hydrogens is 284 g/mol. The molecule has 116 valence electrons. The van der Waals surface area contributed by atoms with Crippen molar-refractivity contribution in [2.75, 3.05) is 11.9 Å². The monoisotopic (exact) mass is 300 g/mol. The molecule has 0 spiro atoms. The summed E-state index contributed by atoms with van der Waals surface area (Å²) in [5.41, 5.74) is 0.180. The molecular formula is C12H16N2O7. The van der Waals surface area contributed by atoms with Crippen LogP contribution in [0.2, 0.25) is 0 Å². The number of nitro benzene ring substituents is 1. The molecule has 0 unspecified atom stereocenters. The van der Waals surface area contributed by atoms with E-state index in [2.05, 4.69) is 5.32 Å². The first-order valence-corrected chi connectivity index (χ1v) is 6.25. The Balaban J connectivity index is 2.09. The molecule has 9 heteroatoms. The topological polar surface area (TPSA) is 145 Å². The normalized spacial score (nSPS) is 30.1. The number of benzene rings is 1. The van der Waals surface area contributed by atoms with E-state index >= 15 is 0 Å². The molecule has 21 heavy (non-hydrogen) atoms. The zero-order chi connectivity index (χ0) is 15.6. The van der Waals surface area contributed by atoms with Crippen molar-refractivity contribution in [2.24, 2.45) is 0 Å². The molecule has 1 aliphatic heterocycles. The summed E-state index contributed by atoms with van der Waals surface area (Å²) < 4.78 is 5.25. The van der Waals surface area contributed by atoms with Crippen LogP contribution in [0.15, 0.2) is 24.3 Å². The van der Waals surface area contributed by atoms with Gasteiger partial charge in [-0.1, -0.05) is 6.07 Å². The summed E-state index contributed by atoms with van der Waals surface area (Å²) >= 11 is 0. The Kier molecular flexibility index (Phi) is 4.70. The average molecular weight is 300 g/mol. The largest absolute Gasteiger partial charge is 0.394 e. The molecule has 0 radical (unpaired) electrons. The first-order chi connectivity index (χ1) is 9.93. The van der Waals surface area contributed by atoms with Crippen molar-refractivity contribution in [3.05, 3.63) is 34.4 Å². The van der Waals surface area contributed by atoms with Gasteiger partial charge >= 0.3 is 0 Å². The third-order valence-corrected chi connectivity index (χ3v) is 3.23. The van der Waals surface area contributed by atoms with E-state index in [4.69, 9.17) is 9.84 Å². The maximum absolute atomic E-state index is 10.7. The fourth-order valence-electron chi connectivity index (χ4n) is 2.12. The quantitative estimate of drug-likeness (QED) is 0.337. The van der Waals surface area contributed by atoms with Crippen LogP contribution in [0.3, 0.4) is 0 Å². The Morgan fingerprint density at radius 3 is 2.71 bits per heavy atom. The standard InChI is InChI=1S/C12H16N2O7/c15-5-8(16)11-9(17)10(18)12(21-11)13-6-2-1-3-7(4-6)14(19)20/h1-4,8-13,15-18H,5H2/t8-,9-,10+,11+,12-/m0/s1. The molecule has 9 nitrogen and oxygen atoms in total. The van der Waals surface area contributed by atoms with Crippen LogP contribution in [0.4, 0.5) is 11.4 Å². The minimum atomic E-state index is -1.39. The van der Waals surface area contributed by atoms with Crippen LogP contribution in [0.5, 0.6) is 0 Å². The van der Waals surface area contributed by atoms with E-state index < -0.39 is 42.2 Å². The van der Waals surface area contributed by atoms with Gasteiger partial charge in [0.25, 0.3) is 5.69 Å². The van der Waals surface area contributed by atoms with Gasteiger partial charge in [-0.2, -0.15) is 0 Å². The molecule has 2 rings (SSSR count). The number of rotatable bonds is 5. The van der Waals surface area contributed by atoms with Gasteiger partial charge in [-0.3, -0.25) is 10.1 Å². The molecule has 0 aliphatic carbocycles. The molecule has 0 bridgehead atoms. The van der Waals surface area contributed by atoms with E-state index in [0.29, 0.717) is 5.69 Å². The van der Waals surface area contributed by atoms with E-state index in [0.717, 1.165) is 0 Å². The van der Waals surface area contributed by atoms with Crippen LogP contribution < -0.4 is 5.32 Å². The van der Waals surface area contributed by atoms with Crippen LogP contribution in [-0.4, -0.2) is 62.6 Å². The van der Waals surface area contributed by atoms with Gasteiger partial charge in [0.15, 0.2) is 6.23 Å². The zero-order valence-corrected chi connectivity index (χ0v) is 10.9. The predicted octanol–water partition coefficient (Wildman–Crippen LogP) is -1.19. The molecule has 0 amide bonds. The summed E-state index contributed by atoms with van der Waals surface area (Å²) in [4.78, 5) is 10.1. The zero-order valence-electron chi connectivity index (χ0n) is 10.9. The van der Waals surface area contributed by atoms with E-state index in [1.54, 1.807) is 0 Å². The molecule has 1 aromatic carbocycles. The van der Waals surface area contributed by atoms with Gasteiger partial charge in [-0.05, 0) is 6.07 Å². The number of non-ortho nitro benzene ring substituents is 1. The maximum Gasteiger partial charge on any atom is 0.271 e. The van der Waals surface area contributed by atoms with Crippen LogP contribution in [0, 0.1) is 10.1 Å². The number of hydrogen-bond donors (Lipinski definition) is 5. The van der Waals surface area contributed by atoms with Crippen molar-refractivity contribution in [3.8, 4) is 0 Å². The van der Waals surface area contributed by atoms with Crippen molar-refractivity contribution < 1.29 is 30.1 Å². The van der Waals surface area contributed by atoms with Gasteiger partial charge in [-0.25, -0.2) is 0 Å². The number of hydrogen-bond acceptors (Lipinski definition) is 8. The number of aliphatic hydroxyl groups is 4. The van der Waals surface area contributed by atoms with Gasteiger partial charge in [0.2, 0.25) is 0 Å². The molecule has 1 fully saturated rings. The van der Waals surface area contributed by atoms with Gasteiger partial charge in [0.1, 0.15) is 24.4 Å². The Hall–Kier alpha value is -1.78. The minimum Gasteiger partial charge on any atom is -0.394 e. The highest BCUT2D eigenvalue weighted by atomic mass is 16.6. The lowest BCUT2D eigenvalue weighted by molar-refractivity contribution is -0.384. The van der Waals surface area contributed by atoms with Crippen molar-refractivity contribution in [1.82, 2.24) is 0 Å². The predicted molar refractivity (Wildman–Crippen MR) is 70.5 cm³/mol. The first kappa shape index (κ1) is 15.6. The number of ether oxygens (including phenoxy) is 1. The fraction of sp³-hybridized carbons (Fsp3) is 0.500. The summed E-state index contributed by atoms with van der Waals surface area (Å²) in [7, 11) is 0. The Labute approximate surface area is 119 Å². The molecule has 1 saturated heterocycles. The summed E-state index contributed by atoms with van der Waals surface area (Å²) in [5.74, 6) is 0. The van der Waals surface area contributed by atoms with Crippen molar-refractivity contribution >= 4 is 11.4 Å². The molecule has 5 atom stereocenters. The van der Waals surface area contributed by atoms with Crippen LogP contribution >= 0.6 is 0 Å². The van der Waals surface area contributed by atoms with E-state index in [-0.39, 0.29) is 5.69 Å². The lowest BCUT2D eigenvalue weighted by atomic mass is 10.1. The summed E-state index contributed by atoms with van der Waals surface area (Å²) in [5, 5.41) is 51.3. The lowest BCUT2D eigenvalue weighted by Gasteiger charge is -2.19. The smallest absolute Gasteiger partial charge is 0.271 e. The number of aliphatic hydroxyl groups excluding tert-OH is 4. The van der Waals surface area contributed by atoms with E-state index in [1.807, 2.05) is 0 Å². The average Bonchev–Trinajstić information content (AvgIpc) is 2.75. The van der Waals surface area contributed by atoms with Gasteiger partial charge in [0, 0.05) is 17.8 Å². The highest BCUT2D eigenvalue weighted by Gasteiger charge is 2.45. The Morgan fingerprint density at radius 1 is 1.38 bits per heavy atom. The van der Waals surface area contributed by atoms with Gasteiger partial charge in [-0.15, -0.1) is 0 Å². The second-order valence-electron chi connectivity index (χ2n) is 4.70. The number of nitrogens with zero attached hydrogens (tertiary/aromatic N) is 1. The number of nitrogens with one attached hydrogen (secondary N) is 1. The molecule has 0 aromatic heterocycles. The second kappa shape index (κ2) is 6.33. The summed E-state index contributed by atoms with van der Waals surface area (Å²) in [6, 6.07) is 5.55. The highest BCUT2D eigenvalue weighted by Crippen LogP contribution is 2.26. The third-order valence-electron chi connectivity index (χ3n) is 3.23. The fourth-order valence-corrected chi connectivity index (χ4v) is 2.12. The number of nitro groups is 1. The maximum atomic E-state index is 10.7. The Bertz CT molecular complexity index is 512. The summed E-state index contributed by atoms with van der Waals surface area (Å²) in [6.07, 6.45) is -6.29. The lowest BCUT2D eigenvalue weighted by Crippen LogP contribution is -2.40. The third kappa shape index (κ3) is 3.28. The van der Waals surface area contributed by atoms with Gasteiger partial charge in [0.05, 0.1) is 11.5 Å². The molecule has 1 aromatic rings. The Morgan fingerprint density at radius 2 is 2.10 bits per heavy atom. The van der Waals surface area contributed by atoms with Crippen LogP contribution in [0.1, 0.15) is 0 Å². The van der Waals surface area contributed by atoms with Crippen LogP contribution in [0.25, 0.3) is 0 Å². The minimum absolute atomic E-state index is 0.139.